The second-order valence-corrected chi connectivity index (χ2v) is 4.72. The quantitative estimate of drug-likeness (QED) is 0.734. The van der Waals surface area contributed by atoms with E-state index >= 15 is 0 Å². The molecule has 2 atom stereocenters. The van der Waals surface area contributed by atoms with Gasteiger partial charge in [0.05, 0.1) is 12.2 Å². The molecule has 5 heteroatoms. The average Bonchev–Trinajstić information content (AvgIpc) is 2.08. The van der Waals surface area contributed by atoms with Crippen LogP contribution >= 0.6 is 0 Å². The van der Waals surface area contributed by atoms with E-state index < -0.39 is 17.9 Å². The summed E-state index contributed by atoms with van der Waals surface area (Å²) in [6, 6.07) is 0. The van der Waals surface area contributed by atoms with Crippen LogP contribution in [0.1, 0.15) is 34.1 Å². The van der Waals surface area contributed by atoms with Crippen LogP contribution in [0.2, 0.25) is 0 Å². The molecule has 0 aliphatic carbocycles. The van der Waals surface area contributed by atoms with Crippen molar-refractivity contribution in [1.29, 1.82) is 0 Å². The molecule has 0 aromatic heterocycles. The SMILES string of the molecule is COC(COC(=O)OC(C)(C)C)CC(C)O. The van der Waals surface area contributed by atoms with Gasteiger partial charge in [-0.2, -0.15) is 0 Å². The zero-order valence-electron chi connectivity index (χ0n) is 10.6. The van der Waals surface area contributed by atoms with E-state index in [2.05, 4.69) is 0 Å². The second-order valence-electron chi connectivity index (χ2n) is 4.72. The molecule has 0 aliphatic heterocycles. The maximum atomic E-state index is 11.2. The van der Waals surface area contributed by atoms with Gasteiger partial charge in [-0.25, -0.2) is 4.79 Å². The van der Waals surface area contributed by atoms with Gasteiger partial charge in [-0.15, -0.1) is 0 Å². The number of aliphatic hydroxyl groups excluding tert-OH is 1. The van der Waals surface area contributed by atoms with E-state index in [1.165, 1.54) is 7.11 Å². The van der Waals surface area contributed by atoms with E-state index in [1.54, 1.807) is 27.7 Å². The Morgan fingerprint density at radius 3 is 2.31 bits per heavy atom. The molecule has 0 amide bonds. The highest BCUT2D eigenvalue weighted by molar-refractivity contribution is 5.60. The van der Waals surface area contributed by atoms with Crippen LogP contribution in [0, 0.1) is 0 Å². The zero-order chi connectivity index (χ0) is 12.8. The molecule has 0 aromatic carbocycles. The standard InChI is InChI=1S/C11H22O5/c1-8(12)6-9(14-5)7-15-10(13)16-11(2,3)4/h8-9,12H,6-7H2,1-5H3. The smallest absolute Gasteiger partial charge is 0.432 e. The third-order valence-corrected chi connectivity index (χ3v) is 1.71. The largest absolute Gasteiger partial charge is 0.508 e. The molecule has 2 unspecified atom stereocenters. The first-order valence-corrected chi connectivity index (χ1v) is 5.31. The van der Waals surface area contributed by atoms with E-state index in [4.69, 9.17) is 19.3 Å². The first kappa shape index (κ1) is 15.2. The van der Waals surface area contributed by atoms with Crippen molar-refractivity contribution in [3.63, 3.8) is 0 Å². The summed E-state index contributed by atoms with van der Waals surface area (Å²) >= 11 is 0. The predicted octanol–water partition coefficient (Wildman–Crippen LogP) is 1.72. The number of hydrogen-bond acceptors (Lipinski definition) is 5. The van der Waals surface area contributed by atoms with Gasteiger partial charge in [0.15, 0.2) is 0 Å². The summed E-state index contributed by atoms with van der Waals surface area (Å²) < 4.78 is 14.9. The molecule has 1 N–H and O–H groups in total. The Balaban J connectivity index is 3.88. The van der Waals surface area contributed by atoms with Gasteiger partial charge < -0.3 is 19.3 Å². The van der Waals surface area contributed by atoms with Crippen LogP contribution in [-0.2, 0) is 14.2 Å². The van der Waals surface area contributed by atoms with Gasteiger partial charge in [-0.05, 0) is 27.7 Å². The lowest BCUT2D eigenvalue weighted by atomic mass is 10.2. The fourth-order valence-electron chi connectivity index (χ4n) is 1.05. The number of carbonyl (C=O) groups excluding carboxylic acids is 1. The second kappa shape index (κ2) is 6.70. The van der Waals surface area contributed by atoms with Crippen LogP contribution < -0.4 is 0 Å². The fourth-order valence-corrected chi connectivity index (χ4v) is 1.05. The Kier molecular flexibility index (Phi) is 6.36. The monoisotopic (exact) mass is 234 g/mol. The van der Waals surface area contributed by atoms with Crippen molar-refractivity contribution in [2.45, 2.75) is 51.9 Å². The molecule has 16 heavy (non-hydrogen) atoms. The molecule has 0 spiro atoms. The number of hydrogen-bond donors (Lipinski definition) is 1. The topological polar surface area (TPSA) is 65.0 Å². The third kappa shape index (κ3) is 8.49. The lowest BCUT2D eigenvalue weighted by Gasteiger charge is -2.21. The van der Waals surface area contributed by atoms with Gasteiger partial charge in [0, 0.05) is 13.5 Å². The Morgan fingerprint density at radius 2 is 1.94 bits per heavy atom. The van der Waals surface area contributed by atoms with E-state index in [-0.39, 0.29) is 12.7 Å². The first-order chi connectivity index (χ1) is 7.24. The Morgan fingerprint density at radius 1 is 1.38 bits per heavy atom. The van der Waals surface area contributed by atoms with Crippen LogP contribution in [0.15, 0.2) is 0 Å². The number of aliphatic hydroxyl groups is 1. The molecular formula is C11H22O5. The van der Waals surface area contributed by atoms with Crippen LogP contribution in [0.4, 0.5) is 4.79 Å². The molecule has 5 nitrogen and oxygen atoms in total. The Labute approximate surface area is 96.7 Å². The van der Waals surface area contributed by atoms with Crippen molar-refractivity contribution < 1.29 is 24.1 Å². The Hall–Kier alpha value is -0.810. The van der Waals surface area contributed by atoms with E-state index in [1.807, 2.05) is 0 Å². The molecule has 0 rings (SSSR count). The lowest BCUT2D eigenvalue weighted by Crippen LogP contribution is -2.29. The maximum Gasteiger partial charge on any atom is 0.508 e. The van der Waals surface area contributed by atoms with E-state index in [0.717, 1.165) is 0 Å². The molecule has 0 fully saturated rings. The predicted molar refractivity (Wildman–Crippen MR) is 59.3 cm³/mol. The molecule has 96 valence electrons. The highest BCUT2D eigenvalue weighted by Crippen LogP contribution is 2.09. The maximum absolute atomic E-state index is 11.2. The molecule has 0 heterocycles. The van der Waals surface area contributed by atoms with Crippen molar-refractivity contribution in [2.24, 2.45) is 0 Å². The van der Waals surface area contributed by atoms with Gasteiger partial charge in [-0.3, -0.25) is 0 Å². The molecule has 0 radical (unpaired) electrons. The lowest BCUT2D eigenvalue weighted by molar-refractivity contribution is -0.0407. The molecule has 0 bridgehead atoms. The van der Waals surface area contributed by atoms with E-state index in [0.29, 0.717) is 6.42 Å². The average molecular weight is 234 g/mol. The van der Waals surface area contributed by atoms with Gasteiger partial charge in [0.2, 0.25) is 0 Å². The van der Waals surface area contributed by atoms with Crippen LogP contribution in [0.5, 0.6) is 0 Å². The van der Waals surface area contributed by atoms with Crippen molar-refractivity contribution in [1.82, 2.24) is 0 Å². The minimum atomic E-state index is -0.722. The number of methoxy groups -OCH3 is 1. The fraction of sp³-hybridized carbons (Fsp3) is 0.909. The minimum absolute atomic E-state index is 0.0797. The van der Waals surface area contributed by atoms with Crippen LogP contribution in [0.25, 0.3) is 0 Å². The highest BCUT2D eigenvalue weighted by Gasteiger charge is 2.19. The van der Waals surface area contributed by atoms with Gasteiger partial charge >= 0.3 is 6.16 Å². The number of rotatable bonds is 5. The van der Waals surface area contributed by atoms with Crippen molar-refractivity contribution >= 4 is 6.16 Å². The van der Waals surface area contributed by atoms with Crippen molar-refractivity contribution in [3.05, 3.63) is 0 Å². The third-order valence-electron chi connectivity index (χ3n) is 1.71. The Bertz CT molecular complexity index is 207. The van der Waals surface area contributed by atoms with E-state index in [9.17, 15) is 4.79 Å². The molecule has 0 saturated heterocycles. The van der Waals surface area contributed by atoms with Crippen molar-refractivity contribution in [2.75, 3.05) is 13.7 Å². The summed E-state index contributed by atoms with van der Waals surface area (Å²) in [4.78, 5) is 11.2. The molecule has 0 saturated carbocycles. The summed E-state index contributed by atoms with van der Waals surface area (Å²) in [7, 11) is 1.51. The molecular weight excluding hydrogens is 212 g/mol. The summed E-state index contributed by atoms with van der Waals surface area (Å²) in [6.07, 6.45) is -1.11. The molecule has 0 aromatic rings. The number of carbonyl (C=O) groups is 1. The summed E-state index contributed by atoms with van der Waals surface area (Å²) in [5.41, 5.74) is -0.566. The van der Waals surface area contributed by atoms with Crippen LogP contribution in [-0.4, -0.2) is 42.8 Å². The van der Waals surface area contributed by atoms with Gasteiger partial charge in [0.25, 0.3) is 0 Å². The summed E-state index contributed by atoms with van der Waals surface area (Å²) in [6.45, 7) is 7.02. The van der Waals surface area contributed by atoms with Crippen molar-refractivity contribution in [3.8, 4) is 0 Å². The summed E-state index contributed by atoms with van der Waals surface area (Å²) in [5.74, 6) is 0. The first-order valence-electron chi connectivity index (χ1n) is 5.31. The van der Waals surface area contributed by atoms with Crippen LogP contribution in [0.3, 0.4) is 0 Å². The van der Waals surface area contributed by atoms with Gasteiger partial charge in [-0.1, -0.05) is 0 Å². The normalized spacial score (nSPS) is 15.4. The molecule has 0 aliphatic rings. The number of ether oxygens (including phenoxy) is 3. The zero-order valence-corrected chi connectivity index (χ0v) is 10.6. The highest BCUT2D eigenvalue weighted by atomic mass is 16.7. The van der Waals surface area contributed by atoms with Gasteiger partial charge in [0.1, 0.15) is 12.2 Å². The minimum Gasteiger partial charge on any atom is -0.432 e. The summed E-state index contributed by atoms with van der Waals surface area (Å²) in [5, 5.41) is 9.15.